The third-order valence-electron chi connectivity index (χ3n) is 3.07. The van der Waals surface area contributed by atoms with Crippen LogP contribution >= 0.6 is 0 Å². The van der Waals surface area contributed by atoms with E-state index in [1.165, 1.54) is 11.6 Å². The molecule has 0 spiro atoms. The highest BCUT2D eigenvalue weighted by atomic mass is 28.4. The van der Waals surface area contributed by atoms with Crippen LogP contribution in [0.15, 0.2) is 18.2 Å². The second kappa shape index (κ2) is 6.78. The van der Waals surface area contributed by atoms with Gasteiger partial charge in [-0.25, -0.2) is 0 Å². The monoisotopic (exact) mass is 312 g/mol. The molecule has 0 bridgehead atoms. The molecule has 3 nitrogen and oxygen atoms in total. The van der Waals surface area contributed by atoms with Crippen LogP contribution in [0.1, 0.15) is 12.0 Å². The smallest absolute Gasteiger partial charge is 0.173 e. The van der Waals surface area contributed by atoms with Gasteiger partial charge in [0.15, 0.2) is 28.1 Å². The van der Waals surface area contributed by atoms with Gasteiger partial charge >= 0.3 is 0 Å². The van der Waals surface area contributed by atoms with Gasteiger partial charge in [0.2, 0.25) is 0 Å². The van der Waals surface area contributed by atoms with Crippen molar-refractivity contribution in [3.63, 3.8) is 0 Å². The van der Waals surface area contributed by atoms with Gasteiger partial charge in [-0.3, -0.25) is 0 Å². The summed E-state index contributed by atoms with van der Waals surface area (Å²) in [6.07, 6.45) is 2.12. The number of aryl methyl sites for hydroxylation is 1. The summed E-state index contributed by atoms with van der Waals surface area (Å²) in [6, 6.07) is 6.75. The highest BCUT2D eigenvalue weighted by molar-refractivity contribution is 6.84. The second-order valence-corrected chi connectivity index (χ2v) is 15.9. The minimum Gasteiger partial charge on any atom is -0.504 e. The highest BCUT2D eigenvalue weighted by Gasteiger charge is 2.28. The molecule has 0 heterocycles. The molecule has 0 saturated heterocycles. The standard InChI is InChI=1S/C15H28O3Si2/c1-17-15-12-13(9-10-14(15)16)8-7-11-20(5,6)18-19(2,3)4/h9-10,12,16H,7-8,11H2,1-6H3. The van der Waals surface area contributed by atoms with Crippen molar-refractivity contribution >= 4 is 16.6 Å². The topological polar surface area (TPSA) is 38.7 Å². The molecule has 0 aliphatic rings. The Balaban J connectivity index is 2.52. The predicted octanol–water partition coefficient (Wildman–Crippen LogP) is 4.39. The van der Waals surface area contributed by atoms with Crippen LogP contribution in [0.25, 0.3) is 0 Å². The molecule has 0 aliphatic carbocycles. The van der Waals surface area contributed by atoms with Gasteiger partial charge < -0.3 is 14.0 Å². The van der Waals surface area contributed by atoms with Crippen molar-refractivity contribution in [3.05, 3.63) is 23.8 Å². The molecular weight excluding hydrogens is 284 g/mol. The molecule has 1 aromatic rings. The summed E-state index contributed by atoms with van der Waals surface area (Å²) >= 11 is 0. The molecule has 0 aromatic heterocycles. The molecule has 1 aromatic carbocycles. The fraction of sp³-hybridized carbons (Fsp3) is 0.600. The van der Waals surface area contributed by atoms with Crippen molar-refractivity contribution in [2.24, 2.45) is 0 Å². The number of phenols is 1. The first kappa shape index (κ1) is 17.3. The lowest BCUT2D eigenvalue weighted by Gasteiger charge is -2.31. The first-order chi connectivity index (χ1) is 9.13. The maximum Gasteiger partial charge on any atom is 0.173 e. The Hall–Kier alpha value is -0.786. The van der Waals surface area contributed by atoms with Gasteiger partial charge in [-0.15, -0.1) is 0 Å². The largest absolute Gasteiger partial charge is 0.504 e. The molecule has 5 heteroatoms. The maximum absolute atomic E-state index is 9.58. The minimum atomic E-state index is -1.54. The van der Waals surface area contributed by atoms with Crippen molar-refractivity contribution in [3.8, 4) is 11.5 Å². The number of methoxy groups -OCH3 is 1. The van der Waals surface area contributed by atoms with Crippen LogP contribution in [-0.4, -0.2) is 28.9 Å². The Morgan fingerprint density at radius 2 is 1.75 bits per heavy atom. The third kappa shape index (κ3) is 6.11. The average molecular weight is 313 g/mol. The van der Waals surface area contributed by atoms with E-state index in [9.17, 15) is 5.11 Å². The Bertz CT molecular complexity index is 439. The maximum atomic E-state index is 9.58. The van der Waals surface area contributed by atoms with Crippen LogP contribution in [0.2, 0.25) is 38.8 Å². The highest BCUT2D eigenvalue weighted by Crippen LogP contribution is 2.27. The number of aromatic hydroxyl groups is 1. The molecule has 0 unspecified atom stereocenters. The van der Waals surface area contributed by atoms with E-state index in [-0.39, 0.29) is 5.75 Å². The third-order valence-corrected chi connectivity index (χ3v) is 9.29. The number of rotatable bonds is 7. The number of phenolic OH excluding ortho intramolecular Hbond substituents is 1. The summed E-state index contributed by atoms with van der Waals surface area (Å²) in [4.78, 5) is 0. The van der Waals surface area contributed by atoms with Crippen molar-refractivity contribution in [1.29, 1.82) is 0 Å². The number of hydrogen-bond donors (Lipinski definition) is 1. The Morgan fingerprint density at radius 1 is 1.10 bits per heavy atom. The molecule has 0 radical (unpaired) electrons. The number of ether oxygens (including phenoxy) is 1. The Morgan fingerprint density at radius 3 is 2.30 bits per heavy atom. The fourth-order valence-electron chi connectivity index (χ4n) is 2.48. The molecular formula is C15H28O3Si2. The molecule has 1 N–H and O–H groups in total. The van der Waals surface area contributed by atoms with E-state index >= 15 is 0 Å². The molecule has 0 saturated carbocycles. The molecule has 1 rings (SSSR count). The second-order valence-electron chi connectivity index (χ2n) is 6.83. The van der Waals surface area contributed by atoms with Gasteiger partial charge in [-0.1, -0.05) is 6.07 Å². The van der Waals surface area contributed by atoms with Crippen molar-refractivity contribution < 1.29 is 14.0 Å². The van der Waals surface area contributed by atoms with Gasteiger partial charge in [-0.05, 0) is 69.3 Å². The van der Waals surface area contributed by atoms with E-state index in [2.05, 4.69) is 32.7 Å². The number of benzene rings is 1. The lowest BCUT2D eigenvalue weighted by Crippen LogP contribution is -2.42. The molecule has 0 aliphatic heterocycles. The molecule has 0 amide bonds. The van der Waals surface area contributed by atoms with E-state index in [1.807, 2.05) is 12.1 Å². The minimum absolute atomic E-state index is 0.202. The van der Waals surface area contributed by atoms with Crippen molar-refractivity contribution in [2.75, 3.05) is 7.11 Å². The first-order valence-electron chi connectivity index (χ1n) is 7.19. The lowest BCUT2D eigenvalue weighted by molar-refractivity contribution is 0.373. The predicted molar refractivity (Wildman–Crippen MR) is 89.7 cm³/mol. The van der Waals surface area contributed by atoms with E-state index in [0.29, 0.717) is 5.75 Å². The van der Waals surface area contributed by atoms with Crippen LogP contribution in [0, 0.1) is 0 Å². The molecule has 114 valence electrons. The van der Waals surface area contributed by atoms with Gasteiger partial charge in [0.1, 0.15) is 0 Å². The van der Waals surface area contributed by atoms with Crippen LogP contribution in [-0.2, 0) is 10.5 Å². The van der Waals surface area contributed by atoms with E-state index in [1.54, 1.807) is 13.2 Å². The SMILES string of the molecule is COc1cc(CCC[Si](C)(C)O[Si](C)(C)C)ccc1O. The lowest BCUT2D eigenvalue weighted by atomic mass is 10.1. The summed E-state index contributed by atoms with van der Waals surface area (Å²) < 4.78 is 11.5. The van der Waals surface area contributed by atoms with Crippen LogP contribution in [0.4, 0.5) is 0 Å². The molecule has 0 fully saturated rings. The fourth-order valence-corrected chi connectivity index (χ4v) is 10.5. The van der Waals surface area contributed by atoms with Gasteiger partial charge in [0.25, 0.3) is 0 Å². The zero-order chi connectivity index (χ0) is 15.4. The first-order valence-corrected chi connectivity index (χ1v) is 13.7. The Labute approximate surface area is 125 Å². The normalized spacial score (nSPS) is 12.5. The summed E-state index contributed by atoms with van der Waals surface area (Å²) in [5, 5.41) is 9.58. The number of hydrogen-bond acceptors (Lipinski definition) is 3. The summed E-state index contributed by atoms with van der Waals surface area (Å²) in [5.74, 6) is 0.755. The van der Waals surface area contributed by atoms with E-state index in [0.717, 1.165) is 12.8 Å². The van der Waals surface area contributed by atoms with Gasteiger partial charge in [-0.2, -0.15) is 0 Å². The summed E-state index contributed by atoms with van der Waals surface area (Å²) in [6.45, 7) is 11.4. The summed E-state index contributed by atoms with van der Waals surface area (Å²) in [7, 11) is -1.40. The zero-order valence-electron chi connectivity index (χ0n) is 13.6. The van der Waals surface area contributed by atoms with Crippen molar-refractivity contribution in [1.82, 2.24) is 0 Å². The van der Waals surface area contributed by atoms with Crippen molar-refractivity contribution in [2.45, 2.75) is 51.6 Å². The van der Waals surface area contributed by atoms with Crippen LogP contribution in [0.5, 0.6) is 11.5 Å². The van der Waals surface area contributed by atoms with Crippen LogP contribution in [0.3, 0.4) is 0 Å². The van der Waals surface area contributed by atoms with E-state index < -0.39 is 16.6 Å². The Kier molecular flexibility index (Phi) is 5.85. The van der Waals surface area contributed by atoms with Gasteiger partial charge in [0.05, 0.1) is 7.11 Å². The quantitative estimate of drug-likeness (QED) is 0.759. The van der Waals surface area contributed by atoms with Gasteiger partial charge in [0, 0.05) is 0 Å². The summed E-state index contributed by atoms with van der Waals surface area (Å²) in [5.41, 5.74) is 1.21. The zero-order valence-corrected chi connectivity index (χ0v) is 15.6. The average Bonchev–Trinajstić information content (AvgIpc) is 2.28. The van der Waals surface area contributed by atoms with Crippen LogP contribution < -0.4 is 4.74 Å². The van der Waals surface area contributed by atoms with E-state index in [4.69, 9.17) is 8.85 Å². The molecule has 20 heavy (non-hydrogen) atoms. The molecule has 0 atom stereocenters.